The second-order valence-corrected chi connectivity index (χ2v) is 4.57. The van der Waals surface area contributed by atoms with Crippen molar-refractivity contribution < 1.29 is 0 Å². The number of rotatable bonds is 3. The highest BCUT2D eigenvalue weighted by Crippen LogP contribution is 2.14. The molecule has 1 unspecified atom stereocenters. The zero-order valence-electron chi connectivity index (χ0n) is 10.2. The third-order valence-corrected chi connectivity index (χ3v) is 3.23. The fourth-order valence-electron chi connectivity index (χ4n) is 2.26. The van der Waals surface area contributed by atoms with Crippen LogP contribution in [0, 0.1) is 11.3 Å². The molecule has 1 atom stereocenters. The van der Waals surface area contributed by atoms with E-state index in [4.69, 9.17) is 5.26 Å². The molecule has 0 saturated carbocycles. The maximum absolute atomic E-state index is 8.88. The highest BCUT2D eigenvalue weighted by atomic mass is 15.3. The zero-order valence-corrected chi connectivity index (χ0v) is 10.2. The third kappa shape index (κ3) is 3.26. The molecule has 1 aromatic rings. The van der Waals surface area contributed by atoms with Crippen LogP contribution in [0.3, 0.4) is 0 Å². The van der Waals surface area contributed by atoms with E-state index in [1.165, 1.54) is 0 Å². The monoisotopic (exact) mass is 230 g/mol. The Balaban J connectivity index is 2.01. The van der Waals surface area contributed by atoms with Gasteiger partial charge in [-0.05, 0) is 19.2 Å². The average molecular weight is 230 g/mol. The molecular formula is C13H18N4. The fourth-order valence-corrected chi connectivity index (χ4v) is 2.26. The van der Waals surface area contributed by atoms with Gasteiger partial charge >= 0.3 is 0 Å². The maximum atomic E-state index is 8.88. The molecular weight excluding hydrogens is 212 g/mol. The van der Waals surface area contributed by atoms with E-state index in [-0.39, 0.29) is 0 Å². The smallest absolute Gasteiger partial charge is 0.0638 e. The summed E-state index contributed by atoms with van der Waals surface area (Å²) in [6, 6.07) is 8.60. The third-order valence-electron chi connectivity index (χ3n) is 3.23. The molecule has 4 nitrogen and oxygen atoms in total. The normalized spacial score (nSPS) is 22.2. The van der Waals surface area contributed by atoms with Crippen LogP contribution in [0.2, 0.25) is 0 Å². The van der Waals surface area contributed by atoms with Crippen LogP contribution in [0.15, 0.2) is 24.4 Å². The van der Waals surface area contributed by atoms with Crippen LogP contribution in [0.25, 0.3) is 0 Å². The Morgan fingerprint density at radius 1 is 1.47 bits per heavy atom. The summed E-state index contributed by atoms with van der Waals surface area (Å²) in [5.41, 5.74) is 1.08. The molecule has 1 aromatic heterocycles. The van der Waals surface area contributed by atoms with Gasteiger partial charge in [-0.15, -0.1) is 0 Å². The van der Waals surface area contributed by atoms with E-state index in [9.17, 15) is 0 Å². The largest absolute Gasteiger partial charge is 0.304 e. The van der Waals surface area contributed by atoms with Gasteiger partial charge in [-0.3, -0.25) is 9.88 Å². The molecule has 17 heavy (non-hydrogen) atoms. The van der Waals surface area contributed by atoms with Crippen molar-refractivity contribution in [1.29, 1.82) is 5.26 Å². The predicted octanol–water partition coefficient (Wildman–Crippen LogP) is 1.11. The molecule has 0 bridgehead atoms. The standard InChI is InChI=1S/C13H18N4/c1-16-8-9-17(13(11-16)5-6-14)10-12-4-2-3-7-15-12/h2-4,7,13H,5,8-11H2,1H3. The Hall–Kier alpha value is -1.44. The number of hydrogen-bond donors (Lipinski definition) is 0. The summed E-state index contributed by atoms with van der Waals surface area (Å²) >= 11 is 0. The molecule has 2 heterocycles. The summed E-state index contributed by atoms with van der Waals surface area (Å²) in [5, 5.41) is 8.88. The van der Waals surface area contributed by atoms with Crippen LogP contribution < -0.4 is 0 Å². The lowest BCUT2D eigenvalue weighted by molar-refractivity contribution is 0.0849. The van der Waals surface area contributed by atoms with E-state index in [0.717, 1.165) is 31.9 Å². The Bertz CT molecular complexity index is 384. The van der Waals surface area contributed by atoms with E-state index >= 15 is 0 Å². The second-order valence-electron chi connectivity index (χ2n) is 4.57. The lowest BCUT2D eigenvalue weighted by atomic mass is 10.1. The first-order valence-corrected chi connectivity index (χ1v) is 5.99. The van der Waals surface area contributed by atoms with Crippen molar-refractivity contribution in [3.63, 3.8) is 0 Å². The molecule has 2 rings (SSSR count). The van der Waals surface area contributed by atoms with Gasteiger partial charge in [-0.2, -0.15) is 5.26 Å². The second kappa shape index (κ2) is 5.76. The molecule has 1 aliphatic rings. The van der Waals surface area contributed by atoms with Crippen molar-refractivity contribution in [3.8, 4) is 6.07 Å². The quantitative estimate of drug-likeness (QED) is 0.780. The summed E-state index contributed by atoms with van der Waals surface area (Å²) in [6.07, 6.45) is 2.42. The molecule has 1 fully saturated rings. The van der Waals surface area contributed by atoms with Crippen molar-refractivity contribution in [2.75, 3.05) is 26.7 Å². The van der Waals surface area contributed by atoms with Crippen LogP contribution in [-0.2, 0) is 6.54 Å². The highest BCUT2D eigenvalue weighted by Gasteiger charge is 2.25. The summed E-state index contributed by atoms with van der Waals surface area (Å²) in [4.78, 5) is 9.00. The molecule has 4 heteroatoms. The van der Waals surface area contributed by atoms with Crippen molar-refractivity contribution in [2.45, 2.75) is 19.0 Å². The predicted molar refractivity (Wildman–Crippen MR) is 66.2 cm³/mol. The minimum Gasteiger partial charge on any atom is -0.304 e. The number of nitrogens with zero attached hydrogens (tertiary/aromatic N) is 4. The van der Waals surface area contributed by atoms with Crippen molar-refractivity contribution in [3.05, 3.63) is 30.1 Å². The van der Waals surface area contributed by atoms with Gasteiger partial charge in [-0.25, -0.2) is 0 Å². The van der Waals surface area contributed by atoms with E-state index in [0.29, 0.717) is 12.5 Å². The first-order valence-electron chi connectivity index (χ1n) is 5.99. The summed E-state index contributed by atoms with van der Waals surface area (Å²) < 4.78 is 0. The average Bonchev–Trinajstić information content (AvgIpc) is 2.34. The summed E-state index contributed by atoms with van der Waals surface area (Å²) in [5.74, 6) is 0. The Kier molecular flexibility index (Phi) is 4.08. The Morgan fingerprint density at radius 3 is 3.06 bits per heavy atom. The van der Waals surface area contributed by atoms with E-state index in [1.807, 2.05) is 24.4 Å². The SMILES string of the molecule is CN1CCN(Cc2ccccn2)C(CC#N)C1. The molecule has 0 N–H and O–H groups in total. The minimum atomic E-state index is 0.334. The fraction of sp³-hybridized carbons (Fsp3) is 0.538. The van der Waals surface area contributed by atoms with E-state index in [1.54, 1.807) is 0 Å². The number of aromatic nitrogens is 1. The van der Waals surface area contributed by atoms with Crippen LogP contribution in [0.5, 0.6) is 0 Å². The topological polar surface area (TPSA) is 43.2 Å². The summed E-state index contributed by atoms with van der Waals surface area (Å²) in [7, 11) is 2.11. The molecule has 0 amide bonds. The molecule has 0 aliphatic carbocycles. The number of likely N-dealkylation sites (N-methyl/N-ethyl adjacent to an activating group) is 1. The Labute approximate surface area is 102 Å². The molecule has 1 aliphatic heterocycles. The lowest BCUT2D eigenvalue weighted by Crippen LogP contribution is -2.51. The van der Waals surface area contributed by atoms with Gasteiger partial charge < -0.3 is 4.90 Å². The van der Waals surface area contributed by atoms with Crippen LogP contribution in [0.4, 0.5) is 0 Å². The maximum Gasteiger partial charge on any atom is 0.0638 e. The highest BCUT2D eigenvalue weighted by molar-refractivity contribution is 5.04. The minimum absolute atomic E-state index is 0.334. The molecule has 0 radical (unpaired) electrons. The lowest BCUT2D eigenvalue weighted by Gasteiger charge is -2.38. The van der Waals surface area contributed by atoms with Gasteiger partial charge in [0.2, 0.25) is 0 Å². The van der Waals surface area contributed by atoms with Gasteiger partial charge in [0.1, 0.15) is 0 Å². The van der Waals surface area contributed by atoms with Gasteiger partial charge in [0.25, 0.3) is 0 Å². The van der Waals surface area contributed by atoms with Gasteiger partial charge in [0.05, 0.1) is 18.2 Å². The number of piperazine rings is 1. The van der Waals surface area contributed by atoms with Crippen molar-refractivity contribution >= 4 is 0 Å². The molecule has 0 spiro atoms. The van der Waals surface area contributed by atoms with Crippen molar-refractivity contribution in [1.82, 2.24) is 14.8 Å². The molecule has 90 valence electrons. The first-order chi connectivity index (χ1) is 8.29. The van der Waals surface area contributed by atoms with Gasteiger partial charge in [-0.1, -0.05) is 6.07 Å². The van der Waals surface area contributed by atoms with E-state index < -0.39 is 0 Å². The van der Waals surface area contributed by atoms with Crippen molar-refractivity contribution in [2.24, 2.45) is 0 Å². The zero-order chi connectivity index (χ0) is 12.1. The van der Waals surface area contributed by atoms with Gasteiger partial charge in [0.15, 0.2) is 0 Å². The van der Waals surface area contributed by atoms with Crippen LogP contribution in [-0.4, -0.2) is 47.5 Å². The number of nitriles is 1. The molecule has 0 aromatic carbocycles. The van der Waals surface area contributed by atoms with Gasteiger partial charge in [0, 0.05) is 38.4 Å². The molecule has 1 saturated heterocycles. The first kappa shape index (κ1) is 12.0. The number of pyridine rings is 1. The van der Waals surface area contributed by atoms with Crippen LogP contribution >= 0.6 is 0 Å². The van der Waals surface area contributed by atoms with E-state index in [2.05, 4.69) is 27.9 Å². The Morgan fingerprint density at radius 2 is 2.35 bits per heavy atom. The van der Waals surface area contributed by atoms with Crippen LogP contribution in [0.1, 0.15) is 12.1 Å². The summed E-state index contributed by atoms with van der Waals surface area (Å²) in [6.45, 7) is 3.90. The number of hydrogen-bond acceptors (Lipinski definition) is 4.